The van der Waals surface area contributed by atoms with Gasteiger partial charge in [-0.2, -0.15) is 5.10 Å². The normalized spacial score (nSPS) is 21.4. The van der Waals surface area contributed by atoms with Crippen molar-refractivity contribution >= 4 is 16.9 Å². The summed E-state index contributed by atoms with van der Waals surface area (Å²) in [6, 6.07) is 10.8. The zero-order chi connectivity index (χ0) is 16.6. The zero-order valence-corrected chi connectivity index (χ0v) is 14.3. The van der Waals surface area contributed by atoms with Crippen molar-refractivity contribution in [3.05, 3.63) is 42.9 Å². The van der Waals surface area contributed by atoms with E-state index in [1.807, 2.05) is 41.2 Å². The van der Waals surface area contributed by atoms with Gasteiger partial charge < -0.3 is 4.90 Å². The summed E-state index contributed by atoms with van der Waals surface area (Å²) in [4.78, 5) is 14.1. The molecule has 0 radical (unpaired) electrons. The molecule has 1 atom stereocenters. The average Bonchev–Trinajstić information content (AvgIpc) is 3.40. The van der Waals surface area contributed by atoms with Crippen molar-refractivity contribution in [2.45, 2.75) is 25.3 Å². The lowest BCUT2D eigenvalue weighted by atomic mass is 10.2. The summed E-state index contributed by atoms with van der Waals surface area (Å²) in [7, 11) is 0. The fourth-order valence-electron chi connectivity index (χ4n) is 4.18. The molecular weight excluding hydrogens is 312 g/mol. The molecule has 5 rings (SSSR count). The first-order valence-electron chi connectivity index (χ1n) is 9.13. The van der Waals surface area contributed by atoms with Gasteiger partial charge in [-0.1, -0.05) is 18.2 Å². The Balaban J connectivity index is 1.47. The Kier molecular flexibility index (Phi) is 3.63. The van der Waals surface area contributed by atoms with E-state index < -0.39 is 0 Å². The van der Waals surface area contributed by atoms with Crippen LogP contribution in [-0.2, 0) is 0 Å². The number of likely N-dealkylation sites (tertiary alicyclic amines) is 1. The van der Waals surface area contributed by atoms with E-state index in [1.54, 1.807) is 6.33 Å². The zero-order valence-electron chi connectivity index (χ0n) is 14.3. The second-order valence-electron chi connectivity index (χ2n) is 6.96. The summed E-state index contributed by atoms with van der Waals surface area (Å²) in [5, 5.41) is 5.61. The maximum Gasteiger partial charge on any atom is 0.168 e. The smallest absolute Gasteiger partial charge is 0.168 e. The number of hydrogen-bond donors (Lipinski definition) is 0. The standard InChI is InChI=1S/C19H22N6/c1-2-6-15(7-3-1)25-19-17(12-22-25)18(20-14-21-19)24-11-8-16(13-24)23-9-4-5-10-23/h1-3,6-7,12,14,16H,4-5,8-11,13H2/t16-/m0/s1. The highest BCUT2D eigenvalue weighted by molar-refractivity contribution is 5.87. The van der Waals surface area contributed by atoms with E-state index in [0.29, 0.717) is 6.04 Å². The van der Waals surface area contributed by atoms with Crippen LogP contribution in [0.3, 0.4) is 0 Å². The molecule has 6 heteroatoms. The van der Waals surface area contributed by atoms with Gasteiger partial charge in [-0.05, 0) is 44.5 Å². The quantitative estimate of drug-likeness (QED) is 0.736. The van der Waals surface area contributed by atoms with E-state index >= 15 is 0 Å². The van der Waals surface area contributed by atoms with E-state index in [0.717, 1.165) is 35.6 Å². The molecule has 2 fully saturated rings. The maximum atomic E-state index is 4.60. The van der Waals surface area contributed by atoms with E-state index in [4.69, 9.17) is 0 Å². The van der Waals surface area contributed by atoms with Crippen molar-refractivity contribution < 1.29 is 0 Å². The van der Waals surface area contributed by atoms with Gasteiger partial charge in [0.25, 0.3) is 0 Å². The van der Waals surface area contributed by atoms with Crippen molar-refractivity contribution in [2.75, 3.05) is 31.1 Å². The van der Waals surface area contributed by atoms with Gasteiger partial charge in [0.1, 0.15) is 12.1 Å². The summed E-state index contributed by atoms with van der Waals surface area (Å²) >= 11 is 0. The van der Waals surface area contributed by atoms with Crippen LogP contribution < -0.4 is 4.90 Å². The second kappa shape index (κ2) is 6.11. The molecular formula is C19H22N6. The first kappa shape index (κ1) is 14.8. The number of nitrogens with zero attached hydrogens (tertiary/aromatic N) is 6. The summed E-state index contributed by atoms with van der Waals surface area (Å²) in [5.74, 6) is 1.02. The fraction of sp³-hybridized carbons (Fsp3) is 0.421. The van der Waals surface area contributed by atoms with Gasteiger partial charge >= 0.3 is 0 Å². The first-order valence-corrected chi connectivity index (χ1v) is 9.13. The number of hydrogen-bond acceptors (Lipinski definition) is 5. The SMILES string of the molecule is c1ccc(-n2ncc3c(N4CC[C@H](N5CCCC5)C4)ncnc32)cc1. The molecule has 2 aromatic heterocycles. The van der Waals surface area contributed by atoms with Gasteiger partial charge in [0.05, 0.1) is 17.3 Å². The molecule has 2 saturated heterocycles. The molecule has 6 nitrogen and oxygen atoms in total. The molecule has 0 bridgehead atoms. The van der Waals surface area contributed by atoms with Crippen LogP contribution in [0.15, 0.2) is 42.9 Å². The first-order chi connectivity index (χ1) is 12.4. The summed E-state index contributed by atoms with van der Waals surface area (Å²) in [6.07, 6.45) is 7.48. The molecule has 0 amide bonds. The van der Waals surface area contributed by atoms with Gasteiger partial charge in [0.2, 0.25) is 0 Å². The van der Waals surface area contributed by atoms with Crippen LogP contribution >= 0.6 is 0 Å². The number of benzene rings is 1. The Bertz CT molecular complexity index is 868. The van der Waals surface area contributed by atoms with E-state index in [-0.39, 0.29) is 0 Å². The van der Waals surface area contributed by atoms with Crippen molar-refractivity contribution in [1.82, 2.24) is 24.6 Å². The minimum absolute atomic E-state index is 0.664. The number of anilines is 1. The van der Waals surface area contributed by atoms with Crippen LogP contribution in [-0.4, -0.2) is 56.9 Å². The number of rotatable bonds is 3. The van der Waals surface area contributed by atoms with Crippen molar-refractivity contribution in [3.8, 4) is 5.69 Å². The highest BCUT2D eigenvalue weighted by atomic mass is 15.3. The average molecular weight is 334 g/mol. The fourth-order valence-corrected chi connectivity index (χ4v) is 4.18. The Hall–Kier alpha value is -2.47. The third-order valence-electron chi connectivity index (χ3n) is 5.47. The molecule has 128 valence electrons. The van der Waals surface area contributed by atoms with E-state index in [9.17, 15) is 0 Å². The van der Waals surface area contributed by atoms with Crippen molar-refractivity contribution in [2.24, 2.45) is 0 Å². The Morgan fingerprint density at radius 2 is 1.80 bits per heavy atom. The number of fused-ring (bicyclic) bond motifs is 1. The number of para-hydroxylation sites is 1. The lowest BCUT2D eigenvalue weighted by Gasteiger charge is -2.24. The molecule has 2 aliphatic heterocycles. The molecule has 0 N–H and O–H groups in total. The Labute approximate surface area is 147 Å². The largest absolute Gasteiger partial charge is 0.354 e. The van der Waals surface area contributed by atoms with E-state index in [2.05, 4.69) is 24.9 Å². The topological polar surface area (TPSA) is 50.1 Å². The van der Waals surface area contributed by atoms with Crippen molar-refractivity contribution in [3.63, 3.8) is 0 Å². The minimum atomic E-state index is 0.664. The molecule has 0 unspecified atom stereocenters. The summed E-state index contributed by atoms with van der Waals surface area (Å²) < 4.78 is 1.90. The Morgan fingerprint density at radius 3 is 2.64 bits per heavy atom. The molecule has 0 saturated carbocycles. The monoisotopic (exact) mass is 334 g/mol. The van der Waals surface area contributed by atoms with Gasteiger partial charge in [0.15, 0.2) is 5.65 Å². The third-order valence-corrected chi connectivity index (χ3v) is 5.47. The van der Waals surface area contributed by atoms with Crippen LogP contribution in [0.25, 0.3) is 16.7 Å². The second-order valence-corrected chi connectivity index (χ2v) is 6.96. The third kappa shape index (κ3) is 2.57. The van der Waals surface area contributed by atoms with Gasteiger partial charge in [0, 0.05) is 19.1 Å². The van der Waals surface area contributed by atoms with Crippen molar-refractivity contribution in [1.29, 1.82) is 0 Å². The predicted molar refractivity (Wildman–Crippen MR) is 98.1 cm³/mol. The highest BCUT2D eigenvalue weighted by Crippen LogP contribution is 2.29. The van der Waals surface area contributed by atoms with Crippen LogP contribution in [0, 0.1) is 0 Å². The van der Waals surface area contributed by atoms with Gasteiger partial charge in [-0.3, -0.25) is 4.90 Å². The summed E-state index contributed by atoms with van der Waals surface area (Å²) in [5.41, 5.74) is 1.90. The molecule has 2 aliphatic rings. The maximum absolute atomic E-state index is 4.60. The Morgan fingerprint density at radius 1 is 0.960 bits per heavy atom. The van der Waals surface area contributed by atoms with Gasteiger partial charge in [-0.15, -0.1) is 0 Å². The van der Waals surface area contributed by atoms with Crippen LogP contribution in [0.1, 0.15) is 19.3 Å². The van der Waals surface area contributed by atoms with Crippen LogP contribution in [0.5, 0.6) is 0 Å². The lowest BCUT2D eigenvalue weighted by Crippen LogP contribution is -2.35. The molecule has 25 heavy (non-hydrogen) atoms. The van der Waals surface area contributed by atoms with E-state index in [1.165, 1.54) is 32.4 Å². The molecule has 0 aliphatic carbocycles. The summed E-state index contributed by atoms with van der Waals surface area (Å²) in [6.45, 7) is 4.62. The lowest BCUT2D eigenvalue weighted by molar-refractivity contribution is 0.260. The molecule has 1 aromatic carbocycles. The highest BCUT2D eigenvalue weighted by Gasteiger charge is 2.31. The molecule has 0 spiro atoms. The van der Waals surface area contributed by atoms with Crippen LogP contribution in [0.4, 0.5) is 5.82 Å². The number of aromatic nitrogens is 4. The minimum Gasteiger partial charge on any atom is -0.354 e. The predicted octanol–water partition coefficient (Wildman–Crippen LogP) is 2.49. The van der Waals surface area contributed by atoms with Crippen LogP contribution in [0.2, 0.25) is 0 Å². The molecule has 3 aromatic rings. The van der Waals surface area contributed by atoms with Gasteiger partial charge in [-0.25, -0.2) is 14.6 Å². The molecule has 4 heterocycles.